The van der Waals surface area contributed by atoms with Crippen LogP contribution in [0.4, 0.5) is 0 Å². The average molecular weight is 950 g/mol. The first-order valence-corrected chi connectivity index (χ1v) is 28.8. The van der Waals surface area contributed by atoms with Gasteiger partial charge in [0.15, 0.2) is 6.29 Å². The van der Waals surface area contributed by atoms with Crippen LogP contribution in [0.25, 0.3) is 0 Å². The summed E-state index contributed by atoms with van der Waals surface area (Å²) in [6.45, 7) is 3.47. The number of carbonyl (C=O) groups is 1. The fourth-order valence-corrected chi connectivity index (χ4v) is 9.68. The molecule has 1 heterocycles. The molecule has 0 bridgehead atoms. The van der Waals surface area contributed by atoms with Crippen molar-refractivity contribution in [3.05, 3.63) is 0 Å². The van der Waals surface area contributed by atoms with E-state index in [9.17, 15) is 38.2 Å². The summed E-state index contributed by atoms with van der Waals surface area (Å²) in [6, 6.07) is -0.851. The summed E-state index contributed by atoms with van der Waals surface area (Å²) in [5.41, 5.74) is 0. The van der Waals surface area contributed by atoms with E-state index >= 15 is 0 Å². The van der Waals surface area contributed by atoms with E-state index in [-0.39, 0.29) is 12.5 Å². The van der Waals surface area contributed by atoms with Gasteiger partial charge >= 0.3 is 10.4 Å². The minimum Gasteiger partial charge on any atom is -0.394 e. The normalized spacial score (nSPS) is 20.0. The maximum Gasteiger partial charge on any atom is 0.397 e. The SMILES string of the molecule is CCCCCCCCCCCCCCCCCCCCCCCCCCCCCC(=O)NC(COC1OC(CO)C(O)C(OS(=O)(=O)O)C1O)C(O)CCCCCCCCCCCCC. The Kier molecular flexibility index (Phi) is 41.2. The predicted octanol–water partition coefficient (Wildman–Crippen LogP) is 12.1. The van der Waals surface area contributed by atoms with Gasteiger partial charge in [-0.25, -0.2) is 4.18 Å². The number of unbranched alkanes of at least 4 members (excludes halogenated alkanes) is 36. The molecular weight excluding hydrogens is 847 g/mol. The van der Waals surface area contributed by atoms with E-state index in [2.05, 4.69) is 23.3 Å². The summed E-state index contributed by atoms with van der Waals surface area (Å²) in [4.78, 5) is 13.1. The zero-order chi connectivity index (χ0) is 47.6. The Labute approximate surface area is 398 Å². The second-order valence-corrected chi connectivity index (χ2v) is 20.6. The van der Waals surface area contributed by atoms with Gasteiger partial charge in [0, 0.05) is 6.42 Å². The number of rotatable bonds is 48. The van der Waals surface area contributed by atoms with Gasteiger partial charge in [0.2, 0.25) is 5.91 Å². The van der Waals surface area contributed by atoms with Crippen LogP contribution < -0.4 is 5.32 Å². The molecule has 0 aliphatic carbocycles. The molecule has 65 heavy (non-hydrogen) atoms. The van der Waals surface area contributed by atoms with E-state index in [4.69, 9.17) is 9.47 Å². The van der Waals surface area contributed by atoms with Crippen LogP contribution in [-0.4, -0.2) is 95.4 Å². The Balaban J connectivity index is 2.26. The first-order valence-electron chi connectivity index (χ1n) is 27.4. The van der Waals surface area contributed by atoms with Crippen LogP contribution in [-0.2, 0) is 28.9 Å². The zero-order valence-electron chi connectivity index (χ0n) is 41.8. The summed E-state index contributed by atoms with van der Waals surface area (Å²) in [7, 11) is -5.07. The Morgan fingerprint density at radius 1 is 0.554 bits per heavy atom. The van der Waals surface area contributed by atoms with E-state index in [1.807, 2.05) is 0 Å². The maximum atomic E-state index is 13.1. The fourth-order valence-electron chi connectivity index (χ4n) is 9.17. The third-order valence-corrected chi connectivity index (χ3v) is 13.9. The largest absolute Gasteiger partial charge is 0.397 e. The Hall–Kier alpha value is -0.900. The molecule has 12 nitrogen and oxygen atoms in total. The van der Waals surface area contributed by atoms with Crippen molar-refractivity contribution >= 4 is 16.3 Å². The van der Waals surface area contributed by atoms with Gasteiger partial charge in [-0.05, 0) is 12.8 Å². The standard InChI is InChI=1S/C52H103NO11S/c1-3-5-7-9-11-13-15-16-17-18-19-20-21-22-23-24-25-26-27-28-29-30-32-34-36-38-40-42-48(56)53-45(46(55)41-39-37-35-33-31-14-12-10-8-6-4-2)44-62-52-50(58)51(64-65(59,60)61)49(57)47(43-54)63-52/h45-47,49-52,54-55,57-58H,3-44H2,1-2H3,(H,53,56)(H,59,60,61). The lowest BCUT2D eigenvalue weighted by molar-refractivity contribution is -0.298. The molecule has 13 heteroatoms. The number of carbonyl (C=O) groups excluding carboxylic acids is 1. The Morgan fingerprint density at radius 3 is 1.23 bits per heavy atom. The summed E-state index contributed by atoms with van der Waals surface area (Å²) in [5, 5.41) is 44.9. The molecule has 1 amide bonds. The average Bonchev–Trinajstić information content (AvgIpc) is 3.28. The van der Waals surface area contributed by atoms with Crippen molar-refractivity contribution in [2.24, 2.45) is 0 Å². The maximum absolute atomic E-state index is 13.1. The number of aliphatic hydroxyl groups is 4. The van der Waals surface area contributed by atoms with Crippen molar-refractivity contribution in [1.82, 2.24) is 5.32 Å². The van der Waals surface area contributed by atoms with Crippen LogP contribution in [0.15, 0.2) is 0 Å². The minimum absolute atomic E-state index is 0.225. The van der Waals surface area contributed by atoms with Gasteiger partial charge < -0.3 is 35.2 Å². The molecule has 0 radical (unpaired) electrons. The fraction of sp³-hybridized carbons (Fsp3) is 0.981. The van der Waals surface area contributed by atoms with Gasteiger partial charge in [-0.15, -0.1) is 0 Å². The van der Waals surface area contributed by atoms with Crippen LogP contribution >= 0.6 is 0 Å². The van der Waals surface area contributed by atoms with Crippen LogP contribution in [0.1, 0.15) is 271 Å². The molecule has 0 aromatic carbocycles. The molecule has 7 unspecified atom stereocenters. The van der Waals surface area contributed by atoms with Crippen LogP contribution in [0, 0.1) is 0 Å². The Bertz CT molecular complexity index is 1160. The lowest BCUT2D eigenvalue weighted by Gasteiger charge is -2.41. The van der Waals surface area contributed by atoms with E-state index < -0.39 is 59.9 Å². The van der Waals surface area contributed by atoms with Crippen molar-refractivity contribution in [3.63, 3.8) is 0 Å². The molecule has 0 aromatic rings. The third-order valence-electron chi connectivity index (χ3n) is 13.4. The topological polar surface area (TPSA) is 192 Å². The van der Waals surface area contributed by atoms with Gasteiger partial charge in [-0.2, -0.15) is 8.42 Å². The molecule has 0 saturated carbocycles. The van der Waals surface area contributed by atoms with Gasteiger partial charge in [-0.1, -0.05) is 251 Å². The van der Waals surface area contributed by atoms with Crippen LogP contribution in [0.5, 0.6) is 0 Å². The first kappa shape index (κ1) is 62.1. The second kappa shape index (κ2) is 43.1. The summed E-state index contributed by atoms with van der Waals surface area (Å²) in [6.07, 6.45) is 39.9. The number of hydrogen-bond donors (Lipinski definition) is 6. The summed E-state index contributed by atoms with van der Waals surface area (Å²) >= 11 is 0. The van der Waals surface area contributed by atoms with Crippen molar-refractivity contribution in [2.45, 2.75) is 314 Å². The molecule has 1 aliphatic rings. The predicted molar refractivity (Wildman–Crippen MR) is 264 cm³/mol. The lowest BCUT2D eigenvalue weighted by Crippen LogP contribution is -2.61. The van der Waals surface area contributed by atoms with Gasteiger partial charge in [0.05, 0.1) is 25.4 Å². The van der Waals surface area contributed by atoms with Gasteiger partial charge in [0.25, 0.3) is 0 Å². The van der Waals surface area contributed by atoms with Gasteiger partial charge in [-0.3, -0.25) is 9.35 Å². The van der Waals surface area contributed by atoms with Crippen molar-refractivity contribution in [1.29, 1.82) is 0 Å². The highest BCUT2D eigenvalue weighted by Crippen LogP contribution is 2.26. The monoisotopic (exact) mass is 950 g/mol. The van der Waals surface area contributed by atoms with E-state index in [0.717, 1.165) is 51.4 Å². The molecule has 1 saturated heterocycles. The molecule has 0 aromatic heterocycles. The smallest absolute Gasteiger partial charge is 0.394 e. The molecule has 388 valence electrons. The summed E-state index contributed by atoms with van der Waals surface area (Å²) < 4.78 is 47.7. The summed E-state index contributed by atoms with van der Waals surface area (Å²) in [5.74, 6) is -0.225. The number of amides is 1. The third kappa shape index (κ3) is 35.8. The van der Waals surface area contributed by atoms with Crippen molar-refractivity contribution in [3.8, 4) is 0 Å². The lowest BCUT2D eigenvalue weighted by atomic mass is 9.99. The molecule has 0 spiro atoms. The highest BCUT2D eigenvalue weighted by atomic mass is 32.3. The molecule has 1 fully saturated rings. The molecule has 6 N–H and O–H groups in total. The first-order chi connectivity index (χ1) is 31.5. The highest BCUT2D eigenvalue weighted by Gasteiger charge is 2.48. The van der Waals surface area contributed by atoms with Crippen molar-refractivity contribution in [2.75, 3.05) is 13.2 Å². The van der Waals surface area contributed by atoms with E-state index in [1.54, 1.807) is 0 Å². The van der Waals surface area contributed by atoms with E-state index in [0.29, 0.717) is 12.8 Å². The minimum atomic E-state index is -5.07. The zero-order valence-corrected chi connectivity index (χ0v) is 42.7. The number of hydrogen-bond acceptors (Lipinski definition) is 10. The Morgan fingerprint density at radius 2 is 0.892 bits per heavy atom. The molecule has 1 aliphatic heterocycles. The van der Waals surface area contributed by atoms with Gasteiger partial charge in [0.1, 0.15) is 24.4 Å². The van der Waals surface area contributed by atoms with Crippen LogP contribution in [0.2, 0.25) is 0 Å². The quantitative estimate of drug-likeness (QED) is 0.0251. The molecule has 7 atom stereocenters. The number of nitrogens with one attached hydrogen (secondary N) is 1. The second-order valence-electron chi connectivity index (χ2n) is 19.5. The molecular formula is C52H103NO11S. The van der Waals surface area contributed by atoms with E-state index in [1.165, 1.54) is 193 Å². The number of aliphatic hydroxyl groups excluding tert-OH is 4. The van der Waals surface area contributed by atoms with Crippen LogP contribution in [0.3, 0.4) is 0 Å². The van der Waals surface area contributed by atoms with Crippen molar-refractivity contribution < 1.29 is 51.8 Å². The highest BCUT2D eigenvalue weighted by molar-refractivity contribution is 7.80. The molecule has 1 rings (SSSR count). The number of ether oxygens (including phenoxy) is 2.